The highest BCUT2D eigenvalue weighted by atomic mass is 35.5. The van der Waals surface area contributed by atoms with Crippen molar-refractivity contribution in [1.82, 2.24) is 9.55 Å². The van der Waals surface area contributed by atoms with Crippen molar-refractivity contribution in [1.29, 1.82) is 0 Å². The summed E-state index contributed by atoms with van der Waals surface area (Å²) in [7, 11) is 1.54. The molecule has 4 nitrogen and oxygen atoms in total. The minimum atomic E-state index is -0.519. The predicted octanol–water partition coefficient (Wildman–Crippen LogP) is 4.06. The number of hydrogen-bond donors (Lipinski definition) is 1. The molecule has 0 atom stereocenters. The Hall–Kier alpha value is -1.98. The maximum Gasteiger partial charge on any atom is 0.206 e. The number of nitrogen functional groups attached to an aromatic ring is 1. The van der Waals surface area contributed by atoms with E-state index >= 15 is 0 Å². The summed E-state index contributed by atoms with van der Waals surface area (Å²) in [6.45, 7) is 0. The molecule has 0 saturated heterocycles. The van der Waals surface area contributed by atoms with Gasteiger partial charge in [-0.05, 0) is 24.3 Å². The molecule has 0 aliphatic heterocycles. The van der Waals surface area contributed by atoms with Crippen LogP contribution in [0.5, 0.6) is 5.75 Å². The molecule has 3 aromatic rings. The Kier molecular flexibility index (Phi) is 3.39. The van der Waals surface area contributed by atoms with Crippen molar-refractivity contribution < 1.29 is 9.13 Å². The smallest absolute Gasteiger partial charge is 0.206 e. The van der Waals surface area contributed by atoms with Crippen LogP contribution < -0.4 is 10.5 Å². The van der Waals surface area contributed by atoms with Crippen molar-refractivity contribution in [3.05, 3.63) is 46.2 Å². The minimum Gasteiger partial charge on any atom is -0.494 e. The lowest BCUT2D eigenvalue weighted by molar-refractivity contribution is 0.419. The monoisotopic (exact) mass is 325 g/mol. The van der Waals surface area contributed by atoms with Crippen LogP contribution in [0.3, 0.4) is 0 Å². The summed E-state index contributed by atoms with van der Waals surface area (Å²) in [5.74, 6) is 0.242. The molecule has 7 heteroatoms. The number of imidazole rings is 1. The number of hydrogen-bond acceptors (Lipinski definition) is 3. The van der Waals surface area contributed by atoms with Crippen LogP contribution in [0.4, 0.5) is 10.3 Å². The van der Waals surface area contributed by atoms with Crippen molar-refractivity contribution >= 4 is 40.2 Å². The number of ether oxygens (including phenoxy) is 1. The van der Waals surface area contributed by atoms with E-state index < -0.39 is 5.82 Å². The Labute approximate surface area is 129 Å². The number of benzene rings is 2. The molecule has 3 rings (SSSR count). The lowest BCUT2D eigenvalue weighted by Gasteiger charge is -2.11. The number of anilines is 1. The van der Waals surface area contributed by atoms with Crippen molar-refractivity contribution in [3.8, 4) is 11.4 Å². The topological polar surface area (TPSA) is 53.1 Å². The van der Waals surface area contributed by atoms with Gasteiger partial charge in [-0.25, -0.2) is 9.37 Å². The second kappa shape index (κ2) is 5.09. The predicted molar refractivity (Wildman–Crippen MR) is 82.0 cm³/mol. The van der Waals surface area contributed by atoms with Crippen LogP contribution in [0.2, 0.25) is 10.0 Å². The highest BCUT2D eigenvalue weighted by Crippen LogP contribution is 2.36. The number of rotatable bonds is 2. The molecule has 0 spiro atoms. The molecule has 2 aromatic carbocycles. The van der Waals surface area contributed by atoms with Gasteiger partial charge in [0, 0.05) is 0 Å². The fourth-order valence-corrected chi connectivity index (χ4v) is 2.87. The molecule has 2 N–H and O–H groups in total. The molecule has 0 radical (unpaired) electrons. The number of aromatic nitrogens is 2. The Bertz CT molecular complexity index is 825. The Morgan fingerprint density at radius 3 is 2.52 bits per heavy atom. The maximum absolute atomic E-state index is 13.3. The van der Waals surface area contributed by atoms with E-state index in [1.807, 2.05) is 0 Å². The number of fused-ring (bicyclic) bond motifs is 1. The van der Waals surface area contributed by atoms with Crippen LogP contribution in [0, 0.1) is 5.82 Å². The normalized spacial score (nSPS) is 11.0. The van der Waals surface area contributed by atoms with Gasteiger partial charge in [0.15, 0.2) is 0 Å². The summed E-state index contributed by atoms with van der Waals surface area (Å²) in [6.07, 6.45) is 0. The first-order valence-corrected chi connectivity index (χ1v) is 6.74. The van der Waals surface area contributed by atoms with E-state index in [2.05, 4.69) is 4.98 Å². The lowest BCUT2D eigenvalue weighted by atomic mass is 10.2. The van der Waals surface area contributed by atoms with E-state index in [1.165, 1.54) is 12.1 Å². The molecule has 21 heavy (non-hydrogen) atoms. The van der Waals surface area contributed by atoms with Crippen LogP contribution in [0.15, 0.2) is 30.3 Å². The van der Waals surface area contributed by atoms with Gasteiger partial charge >= 0.3 is 0 Å². The molecule has 1 heterocycles. The van der Waals surface area contributed by atoms with E-state index in [0.29, 0.717) is 22.5 Å². The third kappa shape index (κ3) is 2.18. The van der Waals surface area contributed by atoms with Crippen LogP contribution >= 0.6 is 23.2 Å². The SMILES string of the molecule is COc1cccc2c1nc(N)n2-c1c(Cl)cc(F)cc1Cl. The molecule has 0 unspecified atom stereocenters. The second-order valence-electron chi connectivity index (χ2n) is 4.35. The summed E-state index contributed by atoms with van der Waals surface area (Å²) in [5, 5.41) is 0.294. The van der Waals surface area contributed by atoms with Gasteiger partial charge in [0.25, 0.3) is 0 Å². The van der Waals surface area contributed by atoms with Gasteiger partial charge in [-0.15, -0.1) is 0 Å². The van der Waals surface area contributed by atoms with Gasteiger partial charge < -0.3 is 10.5 Å². The molecule has 1 aromatic heterocycles. The lowest BCUT2D eigenvalue weighted by Crippen LogP contribution is -2.02. The number of para-hydroxylation sites is 1. The van der Waals surface area contributed by atoms with Gasteiger partial charge in [-0.2, -0.15) is 0 Å². The first-order chi connectivity index (χ1) is 10.0. The summed E-state index contributed by atoms with van der Waals surface area (Å²) < 4.78 is 20.2. The Morgan fingerprint density at radius 1 is 1.24 bits per heavy atom. The molecule has 0 fully saturated rings. The minimum absolute atomic E-state index is 0.147. The van der Waals surface area contributed by atoms with Gasteiger partial charge in [0.05, 0.1) is 28.4 Å². The highest BCUT2D eigenvalue weighted by Gasteiger charge is 2.18. The van der Waals surface area contributed by atoms with E-state index in [4.69, 9.17) is 33.7 Å². The summed E-state index contributed by atoms with van der Waals surface area (Å²) >= 11 is 12.2. The van der Waals surface area contributed by atoms with Crippen LogP contribution in [-0.2, 0) is 0 Å². The van der Waals surface area contributed by atoms with Crippen molar-refractivity contribution in [2.45, 2.75) is 0 Å². The van der Waals surface area contributed by atoms with Gasteiger partial charge in [-0.1, -0.05) is 29.3 Å². The zero-order chi connectivity index (χ0) is 15.1. The first-order valence-electron chi connectivity index (χ1n) is 5.98. The fraction of sp³-hybridized carbons (Fsp3) is 0.0714. The van der Waals surface area contributed by atoms with Crippen molar-refractivity contribution in [2.75, 3.05) is 12.8 Å². The van der Waals surface area contributed by atoms with Crippen LogP contribution in [-0.4, -0.2) is 16.7 Å². The Balaban J connectivity index is 2.39. The van der Waals surface area contributed by atoms with Gasteiger partial charge in [-0.3, -0.25) is 4.57 Å². The van der Waals surface area contributed by atoms with Crippen molar-refractivity contribution in [3.63, 3.8) is 0 Å². The van der Waals surface area contributed by atoms with Crippen LogP contribution in [0.25, 0.3) is 16.7 Å². The summed E-state index contributed by atoms with van der Waals surface area (Å²) in [4.78, 5) is 4.27. The molecular formula is C14H10Cl2FN3O. The number of halogens is 3. The van der Waals surface area contributed by atoms with E-state index in [0.717, 1.165) is 0 Å². The van der Waals surface area contributed by atoms with E-state index in [9.17, 15) is 4.39 Å². The molecule has 0 bridgehead atoms. The molecule has 108 valence electrons. The zero-order valence-electron chi connectivity index (χ0n) is 10.9. The average molecular weight is 326 g/mol. The van der Waals surface area contributed by atoms with E-state index in [-0.39, 0.29) is 16.0 Å². The second-order valence-corrected chi connectivity index (χ2v) is 5.17. The third-order valence-electron chi connectivity index (χ3n) is 3.10. The Morgan fingerprint density at radius 2 is 1.90 bits per heavy atom. The molecular weight excluding hydrogens is 316 g/mol. The summed E-state index contributed by atoms with van der Waals surface area (Å²) in [6, 6.07) is 7.72. The number of methoxy groups -OCH3 is 1. The molecule has 0 saturated carbocycles. The highest BCUT2D eigenvalue weighted by molar-refractivity contribution is 6.38. The maximum atomic E-state index is 13.3. The number of nitrogens with two attached hydrogens (primary N) is 1. The zero-order valence-corrected chi connectivity index (χ0v) is 12.4. The molecule has 0 amide bonds. The molecule has 0 aliphatic carbocycles. The van der Waals surface area contributed by atoms with E-state index in [1.54, 1.807) is 29.9 Å². The fourth-order valence-electron chi connectivity index (χ4n) is 2.24. The molecule has 0 aliphatic rings. The quantitative estimate of drug-likeness (QED) is 0.772. The largest absolute Gasteiger partial charge is 0.494 e. The first kappa shape index (κ1) is 14.0. The van der Waals surface area contributed by atoms with Gasteiger partial charge in [0.2, 0.25) is 5.95 Å². The third-order valence-corrected chi connectivity index (χ3v) is 3.68. The van der Waals surface area contributed by atoms with Gasteiger partial charge in [0.1, 0.15) is 17.1 Å². The standard InChI is InChI=1S/C14H10Cl2FN3O/c1-21-11-4-2-3-10-12(11)19-14(18)20(10)13-8(15)5-7(17)6-9(13)16/h2-6H,1H3,(H2,18,19). The average Bonchev–Trinajstić information content (AvgIpc) is 2.74. The van der Waals surface area contributed by atoms with Crippen molar-refractivity contribution in [2.24, 2.45) is 0 Å². The number of nitrogens with zero attached hydrogens (tertiary/aromatic N) is 2. The van der Waals surface area contributed by atoms with Crippen LogP contribution in [0.1, 0.15) is 0 Å². The summed E-state index contributed by atoms with van der Waals surface area (Å²) in [5.41, 5.74) is 7.60.